The fourth-order valence-corrected chi connectivity index (χ4v) is 2.22. The summed E-state index contributed by atoms with van der Waals surface area (Å²) < 4.78 is 26.2. The van der Waals surface area contributed by atoms with Crippen LogP contribution in [0, 0.1) is 13.8 Å². The first-order chi connectivity index (χ1) is 7.38. The lowest BCUT2D eigenvalue weighted by molar-refractivity contribution is 0.589. The van der Waals surface area contributed by atoms with Gasteiger partial charge in [-0.05, 0) is 38.0 Å². The number of rotatable bonds is 4. The highest BCUT2D eigenvalue weighted by Gasteiger charge is 2.19. The summed E-state index contributed by atoms with van der Waals surface area (Å²) in [5.41, 5.74) is 7.98. The van der Waals surface area contributed by atoms with Crippen molar-refractivity contribution in [3.8, 4) is 0 Å². The second-order valence-corrected chi connectivity index (χ2v) is 6.04. The van der Waals surface area contributed by atoms with Crippen LogP contribution in [-0.4, -0.2) is 20.2 Å². The molecule has 0 amide bonds. The third kappa shape index (κ3) is 2.74. The number of hydrogen-bond donors (Lipinski definition) is 2. The minimum Gasteiger partial charge on any atom is -0.329 e. The average molecular weight is 242 g/mol. The Balaban J connectivity index is 3.02. The van der Waals surface area contributed by atoms with Crippen molar-refractivity contribution >= 4 is 15.7 Å². The summed E-state index contributed by atoms with van der Waals surface area (Å²) in [7, 11) is -3.38. The van der Waals surface area contributed by atoms with Crippen molar-refractivity contribution in [2.45, 2.75) is 26.0 Å². The Morgan fingerprint density at radius 1 is 1.38 bits per heavy atom. The third-order valence-electron chi connectivity index (χ3n) is 2.72. The number of nitrogens with one attached hydrogen (secondary N) is 1. The first-order valence-electron chi connectivity index (χ1n) is 5.16. The normalized spacial score (nSPS) is 13.5. The van der Waals surface area contributed by atoms with Crippen LogP contribution in [0.4, 0.5) is 5.69 Å². The van der Waals surface area contributed by atoms with Gasteiger partial charge in [0.1, 0.15) is 0 Å². The fraction of sp³-hybridized carbons (Fsp3) is 0.455. The Bertz CT molecular complexity index is 469. The van der Waals surface area contributed by atoms with E-state index in [-0.39, 0.29) is 6.54 Å². The number of nitrogens with two attached hydrogens (primary N) is 1. The molecule has 4 nitrogen and oxygen atoms in total. The molecule has 0 fully saturated rings. The van der Waals surface area contributed by atoms with Crippen molar-refractivity contribution in [1.29, 1.82) is 0 Å². The molecule has 16 heavy (non-hydrogen) atoms. The standard InChI is InChI=1S/C11H18N2O2S/c1-8-5-4-6-11(10(8)3)13-16(14,15)9(2)7-12/h4-6,9,13H,7,12H2,1-3H3. The second-order valence-electron chi connectivity index (χ2n) is 3.94. The molecule has 1 rings (SSSR count). The third-order valence-corrected chi connectivity index (χ3v) is 4.47. The van der Waals surface area contributed by atoms with Crippen LogP contribution in [0.3, 0.4) is 0 Å². The SMILES string of the molecule is Cc1cccc(NS(=O)(=O)C(C)CN)c1C. The summed E-state index contributed by atoms with van der Waals surface area (Å²) in [6, 6.07) is 5.52. The summed E-state index contributed by atoms with van der Waals surface area (Å²) >= 11 is 0. The van der Waals surface area contributed by atoms with Crippen LogP contribution in [0.2, 0.25) is 0 Å². The van der Waals surface area contributed by atoms with E-state index in [1.165, 1.54) is 0 Å². The molecule has 0 saturated carbocycles. The van der Waals surface area contributed by atoms with Crippen molar-refractivity contribution in [3.05, 3.63) is 29.3 Å². The van der Waals surface area contributed by atoms with Crippen molar-refractivity contribution < 1.29 is 8.42 Å². The molecule has 90 valence electrons. The second kappa shape index (κ2) is 4.84. The highest BCUT2D eigenvalue weighted by molar-refractivity contribution is 7.93. The van der Waals surface area contributed by atoms with Crippen LogP contribution in [0.25, 0.3) is 0 Å². The highest BCUT2D eigenvalue weighted by Crippen LogP contribution is 2.20. The molecule has 0 aliphatic carbocycles. The van der Waals surface area contributed by atoms with E-state index in [4.69, 9.17) is 5.73 Å². The van der Waals surface area contributed by atoms with Crippen LogP contribution in [-0.2, 0) is 10.0 Å². The quantitative estimate of drug-likeness (QED) is 0.838. The van der Waals surface area contributed by atoms with Gasteiger partial charge in [-0.2, -0.15) is 0 Å². The number of benzene rings is 1. The molecule has 1 unspecified atom stereocenters. The van der Waals surface area contributed by atoms with E-state index < -0.39 is 15.3 Å². The molecule has 0 radical (unpaired) electrons. The van der Waals surface area contributed by atoms with E-state index in [0.29, 0.717) is 5.69 Å². The van der Waals surface area contributed by atoms with Crippen molar-refractivity contribution in [2.24, 2.45) is 5.73 Å². The Morgan fingerprint density at radius 3 is 2.56 bits per heavy atom. The first-order valence-corrected chi connectivity index (χ1v) is 6.71. The minimum absolute atomic E-state index is 0.111. The molecule has 0 aliphatic heterocycles. The molecule has 0 saturated heterocycles. The topological polar surface area (TPSA) is 72.2 Å². The Kier molecular flexibility index (Phi) is 3.93. The van der Waals surface area contributed by atoms with Gasteiger partial charge in [0.05, 0.1) is 10.9 Å². The minimum atomic E-state index is -3.38. The van der Waals surface area contributed by atoms with Gasteiger partial charge < -0.3 is 5.73 Å². The van der Waals surface area contributed by atoms with Crippen molar-refractivity contribution in [3.63, 3.8) is 0 Å². The largest absolute Gasteiger partial charge is 0.329 e. The number of sulfonamides is 1. The van der Waals surface area contributed by atoms with Gasteiger partial charge in [-0.3, -0.25) is 4.72 Å². The number of aryl methyl sites for hydroxylation is 1. The monoisotopic (exact) mass is 242 g/mol. The van der Waals surface area contributed by atoms with Crippen LogP contribution < -0.4 is 10.5 Å². The fourth-order valence-electron chi connectivity index (χ4n) is 1.24. The predicted molar refractivity (Wildman–Crippen MR) is 67.0 cm³/mol. The maximum Gasteiger partial charge on any atom is 0.236 e. The maximum atomic E-state index is 11.8. The molecule has 0 aliphatic rings. The van der Waals surface area contributed by atoms with E-state index in [0.717, 1.165) is 11.1 Å². The lowest BCUT2D eigenvalue weighted by Crippen LogP contribution is -2.31. The van der Waals surface area contributed by atoms with E-state index in [2.05, 4.69) is 4.72 Å². The molecule has 0 heterocycles. The molecule has 1 aromatic rings. The predicted octanol–water partition coefficient (Wildman–Crippen LogP) is 1.39. The van der Waals surface area contributed by atoms with Gasteiger partial charge in [-0.1, -0.05) is 12.1 Å². The van der Waals surface area contributed by atoms with E-state index in [9.17, 15) is 8.42 Å². The highest BCUT2D eigenvalue weighted by atomic mass is 32.2. The molecular weight excluding hydrogens is 224 g/mol. The van der Waals surface area contributed by atoms with Gasteiger partial charge in [-0.15, -0.1) is 0 Å². The van der Waals surface area contributed by atoms with Crippen molar-refractivity contribution in [2.75, 3.05) is 11.3 Å². The van der Waals surface area contributed by atoms with E-state index in [1.807, 2.05) is 26.0 Å². The molecular formula is C11H18N2O2S. The smallest absolute Gasteiger partial charge is 0.236 e. The zero-order valence-corrected chi connectivity index (χ0v) is 10.6. The van der Waals surface area contributed by atoms with Crippen molar-refractivity contribution in [1.82, 2.24) is 0 Å². The average Bonchev–Trinajstić information content (AvgIpc) is 2.23. The molecule has 1 atom stereocenters. The summed E-state index contributed by atoms with van der Waals surface area (Å²) in [4.78, 5) is 0. The zero-order chi connectivity index (χ0) is 12.3. The summed E-state index contributed by atoms with van der Waals surface area (Å²) in [5.74, 6) is 0. The molecule has 0 spiro atoms. The Labute approximate surface area is 96.9 Å². The van der Waals surface area contributed by atoms with Gasteiger partial charge in [0.15, 0.2) is 0 Å². The lowest BCUT2D eigenvalue weighted by atomic mass is 10.1. The lowest BCUT2D eigenvalue weighted by Gasteiger charge is -2.15. The number of hydrogen-bond acceptors (Lipinski definition) is 3. The molecule has 0 aromatic heterocycles. The van der Waals surface area contributed by atoms with E-state index in [1.54, 1.807) is 13.0 Å². The number of anilines is 1. The van der Waals surface area contributed by atoms with Gasteiger partial charge in [0, 0.05) is 6.54 Å². The zero-order valence-electron chi connectivity index (χ0n) is 9.82. The van der Waals surface area contributed by atoms with Gasteiger partial charge >= 0.3 is 0 Å². The molecule has 5 heteroatoms. The molecule has 1 aromatic carbocycles. The summed E-state index contributed by atoms with van der Waals surface area (Å²) in [6.45, 7) is 5.54. The van der Waals surface area contributed by atoms with Crippen LogP contribution in [0.15, 0.2) is 18.2 Å². The maximum absolute atomic E-state index is 11.8. The van der Waals surface area contributed by atoms with Crippen LogP contribution in [0.1, 0.15) is 18.1 Å². The molecule has 0 bridgehead atoms. The van der Waals surface area contributed by atoms with Crippen LogP contribution in [0.5, 0.6) is 0 Å². The van der Waals surface area contributed by atoms with Gasteiger partial charge in [-0.25, -0.2) is 8.42 Å². The van der Waals surface area contributed by atoms with Gasteiger partial charge in [0.2, 0.25) is 10.0 Å². The molecule has 3 N–H and O–H groups in total. The summed E-state index contributed by atoms with van der Waals surface area (Å²) in [6.07, 6.45) is 0. The Morgan fingerprint density at radius 2 is 2.00 bits per heavy atom. The first kappa shape index (κ1) is 13.0. The van der Waals surface area contributed by atoms with E-state index >= 15 is 0 Å². The Hall–Kier alpha value is -1.07. The van der Waals surface area contributed by atoms with Crippen LogP contribution >= 0.6 is 0 Å². The summed E-state index contributed by atoms with van der Waals surface area (Å²) in [5, 5.41) is -0.590. The van der Waals surface area contributed by atoms with Gasteiger partial charge in [0.25, 0.3) is 0 Å².